The Morgan fingerprint density at radius 2 is 1.30 bits per heavy atom. The highest BCUT2D eigenvalue weighted by molar-refractivity contribution is 5.62. The van der Waals surface area contributed by atoms with E-state index in [9.17, 15) is 0 Å². The minimum atomic E-state index is 0.653. The van der Waals surface area contributed by atoms with Crippen molar-refractivity contribution in [3.63, 3.8) is 0 Å². The first kappa shape index (κ1) is 26.5. The highest BCUT2D eigenvalue weighted by Crippen LogP contribution is 2.22. The number of terminal acetylenes is 1. The van der Waals surface area contributed by atoms with Gasteiger partial charge in [0, 0.05) is 21.7 Å². The molecule has 37 heavy (non-hydrogen) atoms. The summed E-state index contributed by atoms with van der Waals surface area (Å²) in [4.78, 5) is 2.63. The lowest BCUT2D eigenvalue weighted by molar-refractivity contribution is 0.785. The van der Waals surface area contributed by atoms with Gasteiger partial charge < -0.3 is 0 Å². The van der Waals surface area contributed by atoms with Crippen LogP contribution < -0.4 is 0 Å². The third kappa shape index (κ3) is 7.97. The number of nitrogens with zero attached hydrogens (tertiary/aromatic N) is 6. The van der Waals surface area contributed by atoms with Crippen LogP contribution in [0.5, 0.6) is 0 Å². The van der Waals surface area contributed by atoms with Gasteiger partial charge in [-0.2, -0.15) is 0 Å². The van der Waals surface area contributed by atoms with Gasteiger partial charge in [0.25, 0.3) is 0 Å². The first-order valence-electron chi connectivity index (χ1n) is 11.7. The number of aryl methyl sites for hydroxylation is 2. The lowest BCUT2D eigenvalue weighted by Gasteiger charge is -2.03. The summed E-state index contributed by atoms with van der Waals surface area (Å²) in [7, 11) is 0. The van der Waals surface area contributed by atoms with Crippen molar-refractivity contribution in [2.24, 2.45) is 5.11 Å². The van der Waals surface area contributed by atoms with Gasteiger partial charge in [0.15, 0.2) is 0 Å². The minimum Gasteiger partial charge on any atom is -0.217 e. The number of benzene rings is 4. The molecule has 0 atom stereocenters. The Hall–Kier alpha value is -5.11. The molecule has 0 saturated heterocycles. The lowest BCUT2D eigenvalue weighted by Crippen LogP contribution is -1.98. The third-order valence-electron chi connectivity index (χ3n) is 5.35. The highest BCUT2D eigenvalue weighted by atomic mass is 15.4. The summed E-state index contributed by atoms with van der Waals surface area (Å²) >= 11 is 0. The molecule has 0 bridgehead atoms. The van der Waals surface area contributed by atoms with Crippen LogP contribution >= 0.6 is 0 Å². The standard InChI is InChI=1S/C16H15N3.C9H8.C6H5N3/c1-12-8-10-14(11-9-12)16-13(2)19(18-17-16)15-6-4-3-5-7-15;1-3-9-6-4-8(2)5-7-9;7-9-8-6-4-2-1-3-5-6/h3-11H,1-2H3;1,4-7H,2H3;1-5H. The van der Waals surface area contributed by atoms with Crippen LogP contribution in [0, 0.1) is 33.1 Å². The Bertz CT molecular complexity index is 1470. The summed E-state index contributed by atoms with van der Waals surface area (Å²) < 4.78 is 1.87. The van der Waals surface area contributed by atoms with Crippen molar-refractivity contribution in [3.05, 3.63) is 142 Å². The van der Waals surface area contributed by atoms with Gasteiger partial charge in [0.05, 0.1) is 11.4 Å². The van der Waals surface area contributed by atoms with E-state index in [1.54, 1.807) is 12.1 Å². The van der Waals surface area contributed by atoms with E-state index in [1.807, 2.05) is 91.3 Å². The molecule has 0 unspecified atom stereocenters. The van der Waals surface area contributed by atoms with Crippen LogP contribution in [0.15, 0.2) is 114 Å². The van der Waals surface area contributed by atoms with Crippen LogP contribution in [0.4, 0.5) is 5.69 Å². The lowest BCUT2D eigenvalue weighted by atomic mass is 10.1. The Labute approximate surface area is 217 Å². The normalized spacial score (nSPS) is 9.46. The van der Waals surface area contributed by atoms with E-state index in [4.69, 9.17) is 12.0 Å². The van der Waals surface area contributed by atoms with Gasteiger partial charge in [0.1, 0.15) is 5.69 Å². The van der Waals surface area contributed by atoms with Crippen molar-refractivity contribution in [1.29, 1.82) is 0 Å². The molecule has 6 heteroatoms. The van der Waals surface area contributed by atoms with Crippen LogP contribution in [-0.2, 0) is 0 Å². The van der Waals surface area contributed by atoms with E-state index in [-0.39, 0.29) is 0 Å². The van der Waals surface area contributed by atoms with Crippen LogP contribution in [0.1, 0.15) is 22.4 Å². The van der Waals surface area contributed by atoms with E-state index < -0.39 is 0 Å². The van der Waals surface area contributed by atoms with E-state index in [0.717, 1.165) is 28.2 Å². The summed E-state index contributed by atoms with van der Waals surface area (Å²) in [6, 6.07) is 35.3. The molecule has 5 rings (SSSR count). The zero-order chi connectivity index (χ0) is 26.5. The second-order valence-corrected chi connectivity index (χ2v) is 8.17. The molecule has 0 aliphatic heterocycles. The molecule has 0 N–H and O–H groups in total. The van der Waals surface area contributed by atoms with Crippen LogP contribution in [0.2, 0.25) is 0 Å². The Balaban J connectivity index is 0.000000176. The topological polar surface area (TPSA) is 79.5 Å². The molecule has 0 aliphatic rings. The fourth-order valence-electron chi connectivity index (χ4n) is 3.32. The highest BCUT2D eigenvalue weighted by Gasteiger charge is 2.11. The van der Waals surface area contributed by atoms with Gasteiger partial charge in [-0.1, -0.05) is 112 Å². The Kier molecular flexibility index (Phi) is 9.81. The summed E-state index contributed by atoms with van der Waals surface area (Å²) in [5.74, 6) is 2.55. The molecule has 0 amide bonds. The van der Waals surface area contributed by atoms with Gasteiger partial charge in [-0.25, -0.2) is 4.68 Å². The predicted molar refractivity (Wildman–Crippen MR) is 151 cm³/mol. The molecule has 4 aromatic carbocycles. The number of rotatable bonds is 3. The molecule has 0 spiro atoms. The van der Waals surface area contributed by atoms with Gasteiger partial charge >= 0.3 is 0 Å². The maximum Gasteiger partial charge on any atom is 0.116 e. The van der Waals surface area contributed by atoms with E-state index in [0.29, 0.717) is 5.69 Å². The molecule has 182 valence electrons. The second-order valence-electron chi connectivity index (χ2n) is 8.17. The van der Waals surface area contributed by atoms with Gasteiger partial charge in [-0.15, -0.1) is 11.5 Å². The average molecular weight is 485 g/mol. The number of azide groups is 1. The average Bonchev–Trinajstić information content (AvgIpc) is 3.33. The fraction of sp³-hybridized carbons (Fsp3) is 0.0968. The van der Waals surface area contributed by atoms with E-state index in [2.05, 4.69) is 57.4 Å². The molecule has 0 aliphatic carbocycles. The second kappa shape index (κ2) is 13.7. The fourth-order valence-corrected chi connectivity index (χ4v) is 3.32. The molecule has 0 fully saturated rings. The van der Waals surface area contributed by atoms with Crippen molar-refractivity contribution < 1.29 is 0 Å². The molecular formula is C31H28N6. The summed E-state index contributed by atoms with van der Waals surface area (Å²) in [6.45, 7) is 6.17. The van der Waals surface area contributed by atoms with Gasteiger partial charge in [-0.05, 0) is 50.6 Å². The largest absolute Gasteiger partial charge is 0.217 e. The molecule has 5 aromatic rings. The van der Waals surface area contributed by atoms with Crippen LogP contribution in [0.25, 0.3) is 27.4 Å². The summed E-state index contributed by atoms with van der Waals surface area (Å²) in [5, 5.41) is 11.9. The number of para-hydroxylation sites is 1. The van der Waals surface area contributed by atoms with Crippen molar-refractivity contribution in [1.82, 2.24) is 15.0 Å². The monoisotopic (exact) mass is 484 g/mol. The molecule has 1 aromatic heterocycles. The van der Waals surface area contributed by atoms with Gasteiger partial charge in [0.2, 0.25) is 0 Å². The van der Waals surface area contributed by atoms with E-state index in [1.165, 1.54) is 11.1 Å². The minimum absolute atomic E-state index is 0.653. The smallest absolute Gasteiger partial charge is 0.116 e. The maximum atomic E-state index is 7.98. The molecule has 0 saturated carbocycles. The van der Waals surface area contributed by atoms with Crippen LogP contribution in [-0.4, -0.2) is 15.0 Å². The number of hydrogen-bond donors (Lipinski definition) is 0. The molecule has 1 heterocycles. The Morgan fingerprint density at radius 3 is 1.84 bits per heavy atom. The summed E-state index contributed by atoms with van der Waals surface area (Å²) in [6.07, 6.45) is 5.15. The van der Waals surface area contributed by atoms with Crippen molar-refractivity contribution in [3.8, 4) is 29.3 Å². The zero-order valence-electron chi connectivity index (χ0n) is 21.2. The quantitative estimate of drug-likeness (QED) is 0.112. The molecule has 6 nitrogen and oxygen atoms in total. The first-order valence-corrected chi connectivity index (χ1v) is 11.7. The van der Waals surface area contributed by atoms with Crippen molar-refractivity contribution in [2.45, 2.75) is 20.8 Å². The van der Waals surface area contributed by atoms with Crippen molar-refractivity contribution in [2.75, 3.05) is 0 Å². The number of hydrogen-bond acceptors (Lipinski definition) is 3. The third-order valence-corrected chi connectivity index (χ3v) is 5.35. The zero-order valence-corrected chi connectivity index (χ0v) is 21.2. The SMILES string of the molecule is C#Cc1ccc(C)cc1.Cc1ccc(-c2nnn(-c3ccccc3)c2C)cc1.[N-]=[N+]=Nc1ccccc1. The molecular weight excluding hydrogens is 456 g/mol. The number of aromatic nitrogens is 3. The van der Waals surface area contributed by atoms with Gasteiger partial charge in [-0.3, -0.25) is 0 Å². The Morgan fingerprint density at radius 1 is 0.757 bits per heavy atom. The van der Waals surface area contributed by atoms with Crippen molar-refractivity contribution >= 4 is 5.69 Å². The van der Waals surface area contributed by atoms with E-state index >= 15 is 0 Å². The van der Waals surface area contributed by atoms with Crippen LogP contribution in [0.3, 0.4) is 0 Å². The first-order chi connectivity index (χ1) is 18.0. The maximum absolute atomic E-state index is 7.98. The molecule has 0 radical (unpaired) electrons. The predicted octanol–water partition coefficient (Wildman–Crippen LogP) is 8.16. The summed E-state index contributed by atoms with van der Waals surface area (Å²) in [5.41, 5.74) is 16.2.